The van der Waals surface area contributed by atoms with E-state index in [1.54, 1.807) is 0 Å². The second-order valence-corrected chi connectivity index (χ2v) is 6.41. The molecule has 3 heteroatoms. The topological polar surface area (TPSA) is 52.9 Å². The van der Waals surface area contributed by atoms with Crippen molar-refractivity contribution in [3.8, 4) is 6.07 Å². The maximum Gasteiger partial charge on any atom is 0.240 e. The van der Waals surface area contributed by atoms with E-state index in [1.807, 2.05) is 0 Å². The van der Waals surface area contributed by atoms with Crippen LogP contribution in [0.3, 0.4) is 0 Å². The summed E-state index contributed by atoms with van der Waals surface area (Å²) in [6, 6.07) is 2.27. The van der Waals surface area contributed by atoms with Crippen LogP contribution in [-0.4, -0.2) is 12.5 Å². The maximum atomic E-state index is 12.2. The minimum Gasteiger partial charge on any atom is -0.354 e. The Labute approximate surface area is 116 Å². The average molecular weight is 262 g/mol. The van der Waals surface area contributed by atoms with Crippen molar-refractivity contribution in [2.24, 2.45) is 17.3 Å². The van der Waals surface area contributed by atoms with Crippen molar-refractivity contribution in [2.45, 2.75) is 64.7 Å². The zero-order chi connectivity index (χ0) is 13.7. The molecule has 0 unspecified atom stereocenters. The van der Waals surface area contributed by atoms with Gasteiger partial charge in [0, 0.05) is 6.54 Å². The Morgan fingerprint density at radius 1 is 1.21 bits per heavy atom. The number of nitrogens with one attached hydrogen (secondary N) is 1. The molecule has 0 aromatic heterocycles. The van der Waals surface area contributed by atoms with Gasteiger partial charge in [-0.15, -0.1) is 0 Å². The molecule has 0 bridgehead atoms. The van der Waals surface area contributed by atoms with Gasteiger partial charge in [-0.1, -0.05) is 39.0 Å². The van der Waals surface area contributed by atoms with Gasteiger partial charge in [-0.25, -0.2) is 0 Å². The number of carbonyl (C=O) groups is 1. The summed E-state index contributed by atoms with van der Waals surface area (Å²) >= 11 is 0. The van der Waals surface area contributed by atoms with Crippen LogP contribution in [0.4, 0.5) is 0 Å². The lowest BCUT2D eigenvalue weighted by molar-refractivity contribution is -0.128. The van der Waals surface area contributed by atoms with E-state index >= 15 is 0 Å². The summed E-state index contributed by atoms with van der Waals surface area (Å²) < 4.78 is 0. The number of nitriles is 1. The van der Waals surface area contributed by atoms with Crippen molar-refractivity contribution in [1.82, 2.24) is 5.32 Å². The second-order valence-electron chi connectivity index (χ2n) is 6.41. The highest BCUT2D eigenvalue weighted by Gasteiger charge is 2.41. The molecule has 106 valence electrons. The highest BCUT2D eigenvalue weighted by molar-refractivity contribution is 5.85. The molecule has 0 aromatic carbocycles. The van der Waals surface area contributed by atoms with Crippen LogP contribution in [0, 0.1) is 28.6 Å². The Balaban J connectivity index is 1.77. The van der Waals surface area contributed by atoms with Crippen LogP contribution in [0.2, 0.25) is 0 Å². The predicted octanol–water partition coefficient (Wildman–Crippen LogP) is 3.40. The molecule has 0 spiro atoms. The standard InChI is InChI=1S/C16H26N2O/c1-2-13-5-7-14(8-6-13)11-18-15(19)16(12-17)9-3-4-10-16/h13-14H,2-11H2,1H3,(H,18,19). The first kappa shape index (κ1) is 14.4. The molecule has 2 fully saturated rings. The number of amides is 1. The third kappa shape index (κ3) is 3.29. The minimum atomic E-state index is -0.708. The van der Waals surface area contributed by atoms with E-state index in [0.29, 0.717) is 5.92 Å². The van der Waals surface area contributed by atoms with Crippen molar-refractivity contribution < 1.29 is 4.79 Å². The number of carbonyl (C=O) groups excluding carboxylic acids is 1. The first-order valence-electron chi connectivity index (χ1n) is 7.89. The van der Waals surface area contributed by atoms with E-state index < -0.39 is 5.41 Å². The Kier molecular flexibility index (Phi) is 4.85. The summed E-state index contributed by atoms with van der Waals surface area (Å²) in [7, 11) is 0. The van der Waals surface area contributed by atoms with E-state index in [2.05, 4.69) is 18.3 Å². The van der Waals surface area contributed by atoms with E-state index in [1.165, 1.54) is 32.1 Å². The highest BCUT2D eigenvalue weighted by atomic mass is 16.2. The van der Waals surface area contributed by atoms with Crippen molar-refractivity contribution in [3.63, 3.8) is 0 Å². The van der Waals surface area contributed by atoms with Gasteiger partial charge < -0.3 is 5.32 Å². The minimum absolute atomic E-state index is 0.00915. The number of hydrogen-bond donors (Lipinski definition) is 1. The van der Waals surface area contributed by atoms with Crippen LogP contribution < -0.4 is 5.32 Å². The Morgan fingerprint density at radius 3 is 2.32 bits per heavy atom. The molecule has 0 atom stereocenters. The molecule has 2 rings (SSSR count). The quantitative estimate of drug-likeness (QED) is 0.844. The number of rotatable bonds is 4. The van der Waals surface area contributed by atoms with Gasteiger partial charge in [0.05, 0.1) is 6.07 Å². The highest BCUT2D eigenvalue weighted by Crippen LogP contribution is 2.38. The maximum absolute atomic E-state index is 12.2. The molecule has 0 aliphatic heterocycles. The molecule has 2 saturated carbocycles. The lowest BCUT2D eigenvalue weighted by Gasteiger charge is -2.29. The molecule has 19 heavy (non-hydrogen) atoms. The van der Waals surface area contributed by atoms with Crippen LogP contribution >= 0.6 is 0 Å². The van der Waals surface area contributed by atoms with Gasteiger partial charge >= 0.3 is 0 Å². The summed E-state index contributed by atoms with van der Waals surface area (Å²) in [4.78, 5) is 12.2. The van der Waals surface area contributed by atoms with Gasteiger partial charge in [-0.2, -0.15) is 5.26 Å². The molecular weight excluding hydrogens is 236 g/mol. The molecule has 0 aromatic rings. The van der Waals surface area contributed by atoms with E-state index in [4.69, 9.17) is 0 Å². The van der Waals surface area contributed by atoms with E-state index in [9.17, 15) is 10.1 Å². The fourth-order valence-electron chi connectivity index (χ4n) is 3.62. The monoisotopic (exact) mass is 262 g/mol. The summed E-state index contributed by atoms with van der Waals surface area (Å²) in [5, 5.41) is 12.3. The smallest absolute Gasteiger partial charge is 0.240 e. The van der Waals surface area contributed by atoms with Crippen molar-refractivity contribution in [1.29, 1.82) is 5.26 Å². The Bertz CT molecular complexity index is 344. The van der Waals surface area contributed by atoms with Crippen LogP contribution in [0.5, 0.6) is 0 Å². The van der Waals surface area contributed by atoms with Crippen LogP contribution in [0.25, 0.3) is 0 Å². The molecule has 1 N–H and O–H groups in total. The van der Waals surface area contributed by atoms with Gasteiger partial charge in [-0.3, -0.25) is 4.79 Å². The van der Waals surface area contributed by atoms with Gasteiger partial charge in [0.1, 0.15) is 5.41 Å². The van der Waals surface area contributed by atoms with Crippen molar-refractivity contribution in [3.05, 3.63) is 0 Å². The molecule has 0 saturated heterocycles. The van der Waals surface area contributed by atoms with Gasteiger partial charge in [0.15, 0.2) is 0 Å². The molecule has 2 aliphatic rings. The first-order valence-corrected chi connectivity index (χ1v) is 7.89. The summed E-state index contributed by atoms with van der Waals surface area (Å²) in [6.07, 6.45) is 9.90. The zero-order valence-electron chi connectivity index (χ0n) is 12.1. The van der Waals surface area contributed by atoms with Crippen LogP contribution in [0.1, 0.15) is 64.7 Å². The number of nitrogens with zero attached hydrogens (tertiary/aromatic N) is 1. The average Bonchev–Trinajstić information content (AvgIpc) is 2.95. The fourth-order valence-corrected chi connectivity index (χ4v) is 3.62. The van der Waals surface area contributed by atoms with Crippen LogP contribution in [-0.2, 0) is 4.79 Å². The number of hydrogen-bond acceptors (Lipinski definition) is 2. The molecule has 3 nitrogen and oxygen atoms in total. The fraction of sp³-hybridized carbons (Fsp3) is 0.875. The Morgan fingerprint density at radius 2 is 1.79 bits per heavy atom. The molecular formula is C16H26N2O. The lowest BCUT2D eigenvalue weighted by atomic mass is 9.80. The van der Waals surface area contributed by atoms with Gasteiger partial charge in [0.2, 0.25) is 5.91 Å². The third-order valence-corrected chi connectivity index (χ3v) is 5.20. The third-order valence-electron chi connectivity index (χ3n) is 5.20. The molecule has 1 amide bonds. The molecule has 0 heterocycles. The first-order chi connectivity index (χ1) is 9.20. The summed E-state index contributed by atoms with van der Waals surface area (Å²) in [6.45, 7) is 3.04. The summed E-state index contributed by atoms with van der Waals surface area (Å²) in [5.41, 5.74) is -0.708. The molecule has 0 radical (unpaired) electrons. The predicted molar refractivity (Wildman–Crippen MR) is 75.3 cm³/mol. The van der Waals surface area contributed by atoms with Crippen molar-refractivity contribution >= 4 is 5.91 Å². The summed E-state index contributed by atoms with van der Waals surface area (Å²) in [5.74, 6) is 1.52. The normalized spacial score (nSPS) is 29.7. The van der Waals surface area contributed by atoms with Crippen LogP contribution in [0.15, 0.2) is 0 Å². The van der Waals surface area contributed by atoms with E-state index in [0.717, 1.165) is 38.1 Å². The second kappa shape index (κ2) is 6.41. The van der Waals surface area contributed by atoms with E-state index in [-0.39, 0.29) is 5.91 Å². The SMILES string of the molecule is CCC1CCC(CNC(=O)C2(C#N)CCCC2)CC1. The Hall–Kier alpha value is -1.04. The van der Waals surface area contributed by atoms with Crippen molar-refractivity contribution in [2.75, 3.05) is 6.54 Å². The van der Waals surface area contributed by atoms with Gasteiger partial charge in [-0.05, 0) is 37.5 Å². The van der Waals surface area contributed by atoms with Gasteiger partial charge in [0.25, 0.3) is 0 Å². The lowest BCUT2D eigenvalue weighted by Crippen LogP contribution is -2.41. The molecule has 2 aliphatic carbocycles. The largest absolute Gasteiger partial charge is 0.354 e. The zero-order valence-corrected chi connectivity index (χ0v) is 12.1.